The molecule has 17 heavy (non-hydrogen) atoms. The summed E-state index contributed by atoms with van der Waals surface area (Å²) in [6.07, 6.45) is 3.47. The van der Waals surface area contributed by atoms with Gasteiger partial charge in [0, 0.05) is 32.1 Å². The molecule has 0 radical (unpaired) electrons. The van der Waals surface area contributed by atoms with Crippen LogP contribution in [-0.2, 0) is 4.74 Å². The number of nitrogens with zero attached hydrogens (tertiary/aromatic N) is 2. The second-order valence-corrected chi connectivity index (χ2v) is 5.64. The molecule has 0 amide bonds. The molecule has 0 spiro atoms. The quantitative estimate of drug-likeness (QED) is 0.669. The largest absolute Gasteiger partial charge is 0.385 e. The minimum absolute atomic E-state index is 0.542. The molecule has 0 aliphatic carbocycles. The average Bonchev–Trinajstić information content (AvgIpc) is 2.73. The highest BCUT2D eigenvalue weighted by molar-refractivity contribution is 8.14. The second-order valence-electron chi connectivity index (χ2n) is 4.63. The smallest absolute Gasteiger partial charge is 0.156 e. The third kappa shape index (κ3) is 6.91. The van der Waals surface area contributed by atoms with Crippen molar-refractivity contribution in [1.82, 2.24) is 10.2 Å². The van der Waals surface area contributed by atoms with Gasteiger partial charge in [0.05, 0.1) is 0 Å². The lowest BCUT2D eigenvalue weighted by Gasteiger charge is -2.09. The van der Waals surface area contributed by atoms with Crippen molar-refractivity contribution in [1.29, 1.82) is 0 Å². The molecule has 1 unspecified atom stereocenters. The maximum atomic E-state index is 5.08. The number of thioether (sulfide) groups is 1. The number of hydrogen-bond donors (Lipinski definition) is 1. The molecular weight excluding hydrogens is 234 g/mol. The summed E-state index contributed by atoms with van der Waals surface area (Å²) in [7, 11) is 5.98. The lowest BCUT2D eigenvalue weighted by atomic mass is 10.2. The standard InChI is InChI=1S/C12H25N3OS/c1-15(2)8-5-4-7-13-12-14-11(10-17-12)6-9-16-3/h11H,4-10H2,1-3H3,(H,13,14). The number of amidine groups is 1. The van der Waals surface area contributed by atoms with E-state index in [0.717, 1.165) is 37.0 Å². The van der Waals surface area contributed by atoms with Crippen molar-refractivity contribution in [3.05, 3.63) is 0 Å². The molecule has 0 saturated carbocycles. The average molecular weight is 259 g/mol. The van der Waals surface area contributed by atoms with Crippen molar-refractivity contribution in [3.63, 3.8) is 0 Å². The van der Waals surface area contributed by atoms with Gasteiger partial charge in [0.1, 0.15) is 0 Å². The highest BCUT2D eigenvalue weighted by Gasteiger charge is 2.19. The van der Waals surface area contributed by atoms with E-state index < -0.39 is 0 Å². The van der Waals surface area contributed by atoms with E-state index in [1.54, 1.807) is 7.11 Å². The van der Waals surface area contributed by atoms with E-state index in [9.17, 15) is 0 Å². The van der Waals surface area contributed by atoms with Crippen LogP contribution in [-0.4, -0.2) is 62.8 Å². The van der Waals surface area contributed by atoms with Gasteiger partial charge in [-0.15, -0.1) is 0 Å². The number of hydrogen-bond acceptors (Lipinski definition) is 4. The van der Waals surface area contributed by atoms with Crippen LogP contribution in [0.15, 0.2) is 4.99 Å². The molecular formula is C12H25N3OS. The van der Waals surface area contributed by atoms with Crippen LogP contribution < -0.4 is 5.32 Å². The maximum Gasteiger partial charge on any atom is 0.156 e. The number of ether oxygens (including phenoxy) is 1. The van der Waals surface area contributed by atoms with Crippen LogP contribution in [0.1, 0.15) is 19.3 Å². The van der Waals surface area contributed by atoms with Gasteiger partial charge in [0.15, 0.2) is 5.17 Å². The zero-order valence-electron chi connectivity index (χ0n) is 11.2. The molecule has 1 fully saturated rings. The number of methoxy groups -OCH3 is 1. The summed E-state index contributed by atoms with van der Waals surface area (Å²) in [5, 5.41) is 4.57. The Morgan fingerprint density at radius 3 is 3.00 bits per heavy atom. The predicted octanol–water partition coefficient (Wildman–Crippen LogP) is 1.43. The van der Waals surface area contributed by atoms with Crippen molar-refractivity contribution in [2.24, 2.45) is 4.99 Å². The van der Waals surface area contributed by atoms with Crippen molar-refractivity contribution in [2.45, 2.75) is 25.3 Å². The Bertz CT molecular complexity index is 234. The first-order chi connectivity index (χ1) is 8.22. The number of nitrogens with one attached hydrogen (secondary N) is 1. The van der Waals surface area contributed by atoms with Gasteiger partial charge in [0.25, 0.3) is 0 Å². The molecule has 1 aliphatic rings. The summed E-state index contributed by atoms with van der Waals surface area (Å²) in [6.45, 7) is 2.93. The maximum absolute atomic E-state index is 5.08. The highest BCUT2D eigenvalue weighted by Crippen LogP contribution is 2.16. The van der Waals surface area contributed by atoms with E-state index in [0.29, 0.717) is 6.04 Å². The van der Waals surface area contributed by atoms with Gasteiger partial charge in [-0.2, -0.15) is 0 Å². The van der Waals surface area contributed by atoms with E-state index in [2.05, 4.69) is 29.3 Å². The molecule has 1 atom stereocenters. The van der Waals surface area contributed by atoms with E-state index in [4.69, 9.17) is 4.74 Å². The first kappa shape index (κ1) is 14.8. The lowest BCUT2D eigenvalue weighted by Crippen LogP contribution is -2.28. The first-order valence-corrected chi connectivity index (χ1v) is 7.28. The fourth-order valence-corrected chi connectivity index (χ4v) is 2.71. The molecule has 0 aromatic rings. The fraction of sp³-hybridized carbons (Fsp3) is 0.917. The Morgan fingerprint density at radius 2 is 2.29 bits per heavy atom. The molecule has 5 heteroatoms. The Labute approximate surface area is 109 Å². The molecule has 0 bridgehead atoms. The summed E-state index contributed by atoms with van der Waals surface area (Å²) in [6, 6.07) is 0.542. The third-order valence-electron chi connectivity index (χ3n) is 2.69. The van der Waals surface area contributed by atoms with E-state index in [1.165, 1.54) is 12.8 Å². The molecule has 1 heterocycles. The van der Waals surface area contributed by atoms with Crippen LogP contribution in [0.4, 0.5) is 0 Å². The van der Waals surface area contributed by atoms with Gasteiger partial charge in [-0.05, 0) is 39.9 Å². The highest BCUT2D eigenvalue weighted by atomic mass is 32.2. The zero-order chi connectivity index (χ0) is 12.5. The zero-order valence-corrected chi connectivity index (χ0v) is 12.1. The summed E-state index contributed by atoms with van der Waals surface area (Å²) in [5.41, 5.74) is 0. The topological polar surface area (TPSA) is 36.9 Å². The monoisotopic (exact) mass is 259 g/mol. The second kappa shape index (κ2) is 8.78. The van der Waals surface area contributed by atoms with Gasteiger partial charge in [-0.1, -0.05) is 11.8 Å². The Balaban J connectivity index is 2.07. The number of rotatable bonds is 8. The van der Waals surface area contributed by atoms with Crippen LogP contribution >= 0.6 is 11.8 Å². The van der Waals surface area contributed by atoms with Gasteiger partial charge in [-0.25, -0.2) is 0 Å². The van der Waals surface area contributed by atoms with Crippen LogP contribution in [0, 0.1) is 0 Å². The lowest BCUT2D eigenvalue weighted by molar-refractivity contribution is 0.188. The van der Waals surface area contributed by atoms with Crippen molar-refractivity contribution >= 4 is 16.9 Å². The molecule has 1 aliphatic heterocycles. The summed E-state index contributed by atoms with van der Waals surface area (Å²) in [5.74, 6) is 1.12. The Kier molecular flexibility index (Phi) is 7.64. The molecule has 4 nitrogen and oxygen atoms in total. The van der Waals surface area contributed by atoms with Crippen molar-refractivity contribution in [2.75, 3.05) is 46.7 Å². The molecule has 0 aromatic carbocycles. The van der Waals surface area contributed by atoms with Gasteiger partial charge in [-0.3, -0.25) is 4.99 Å². The molecule has 1 saturated heterocycles. The minimum atomic E-state index is 0.542. The van der Waals surface area contributed by atoms with E-state index in [-0.39, 0.29) is 0 Å². The van der Waals surface area contributed by atoms with Crippen LogP contribution in [0.3, 0.4) is 0 Å². The Morgan fingerprint density at radius 1 is 1.47 bits per heavy atom. The van der Waals surface area contributed by atoms with E-state index >= 15 is 0 Å². The van der Waals surface area contributed by atoms with Gasteiger partial charge >= 0.3 is 0 Å². The van der Waals surface area contributed by atoms with Gasteiger partial charge < -0.3 is 15.0 Å². The van der Waals surface area contributed by atoms with Gasteiger partial charge in [0.2, 0.25) is 0 Å². The van der Waals surface area contributed by atoms with Crippen LogP contribution in [0.2, 0.25) is 0 Å². The summed E-state index contributed by atoms with van der Waals surface area (Å²) in [4.78, 5) is 6.81. The SMILES string of the molecule is COCCC1CSC(=NCCCCN(C)C)N1. The first-order valence-electron chi connectivity index (χ1n) is 6.30. The number of aliphatic imine (C=N–C) groups is 1. The molecule has 1 rings (SSSR count). The van der Waals surface area contributed by atoms with Crippen molar-refractivity contribution < 1.29 is 4.74 Å². The normalized spacial score (nSPS) is 22.4. The van der Waals surface area contributed by atoms with Crippen molar-refractivity contribution in [3.8, 4) is 0 Å². The van der Waals surface area contributed by atoms with Crippen LogP contribution in [0.5, 0.6) is 0 Å². The summed E-state index contributed by atoms with van der Waals surface area (Å²) >= 11 is 1.84. The minimum Gasteiger partial charge on any atom is -0.385 e. The fourth-order valence-electron chi connectivity index (χ4n) is 1.66. The van der Waals surface area contributed by atoms with Crippen LogP contribution in [0.25, 0.3) is 0 Å². The predicted molar refractivity (Wildman–Crippen MR) is 76.0 cm³/mol. The molecule has 0 aromatic heterocycles. The molecule has 1 N–H and O–H groups in total. The third-order valence-corrected chi connectivity index (χ3v) is 3.78. The number of unbranched alkanes of at least 4 members (excludes halogenated alkanes) is 1. The Hall–Kier alpha value is -0.260. The van der Waals surface area contributed by atoms with E-state index in [1.807, 2.05) is 11.8 Å². The molecule has 100 valence electrons. The summed E-state index contributed by atoms with van der Waals surface area (Å²) < 4.78 is 5.08.